The number of nitrogens with zero attached hydrogens (tertiary/aromatic N) is 2. The normalized spacial score (nSPS) is 11.2. The van der Waals surface area contributed by atoms with Gasteiger partial charge in [-0.05, 0) is 0 Å². The fourth-order valence-electron chi connectivity index (χ4n) is 1.07. The van der Waals surface area contributed by atoms with E-state index in [1.807, 2.05) is 26.2 Å². The second-order valence-corrected chi connectivity index (χ2v) is 6.62. The van der Waals surface area contributed by atoms with Gasteiger partial charge in [0.1, 0.15) is 0 Å². The molecule has 0 aliphatic heterocycles. The molecule has 0 fully saturated rings. The van der Waals surface area contributed by atoms with E-state index in [9.17, 15) is 0 Å². The van der Waals surface area contributed by atoms with Crippen LogP contribution >= 0.6 is 0 Å². The predicted octanol–water partition coefficient (Wildman–Crippen LogP) is 5.09. The molecule has 0 radical (unpaired) electrons. The second-order valence-electron chi connectivity index (χ2n) is 3.81. The van der Waals surface area contributed by atoms with Crippen LogP contribution < -0.4 is 0 Å². The minimum atomic E-state index is -0.0408. The molecule has 0 bridgehead atoms. The van der Waals surface area contributed by atoms with Crippen LogP contribution in [0, 0.1) is 0 Å². The van der Waals surface area contributed by atoms with Crippen LogP contribution in [0.15, 0.2) is 46.8 Å². The molecule has 1 aliphatic rings. The van der Waals surface area contributed by atoms with Crippen molar-refractivity contribution in [3.63, 3.8) is 0 Å². The molecule has 0 heterocycles. The molecule has 0 amide bonds. The molecule has 1 rings (SSSR count). The maximum atomic E-state index is 3.85. The molecule has 0 saturated heterocycles. The molecule has 0 unspecified atom stereocenters. The van der Waals surface area contributed by atoms with Crippen molar-refractivity contribution in [2.45, 2.75) is 23.9 Å². The first-order valence-electron chi connectivity index (χ1n) is 6.63. The first-order chi connectivity index (χ1) is 9.26. The average molecular weight is 340 g/mol. The molecule has 0 N–H and O–H groups in total. The second kappa shape index (κ2) is 20.1. The standard InChI is InChI=1S/2C5H10N.C5H5.CH3.Zr/c2*1-3-4-5-6-2;1-2-4-5-3-1;;/h2*3H,1,4-5H2,2H3;1-3H,4H2;1H3;/q2*-1;;;+2. The molecular weight excluding hydrogens is 311 g/mol. The third-order valence-corrected chi connectivity index (χ3v) is 4.70. The van der Waals surface area contributed by atoms with Gasteiger partial charge < -0.3 is 10.6 Å². The summed E-state index contributed by atoms with van der Waals surface area (Å²) in [5.41, 5.74) is 0. The van der Waals surface area contributed by atoms with Gasteiger partial charge >= 0.3 is 55.8 Å². The van der Waals surface area contributed by atoms with Crippen molar-refractivity contribution in [1.29, 1.82) is 0 Å². The summed E-state index contributed by atoms with van der Waals surface area (Å²) in [6.07, 6.45) is 13.7. The van der Waals surface area contributed by atoms with E-state index in [0.29, 0.717) is 0 Å². The van der Waals surface area contributed by atoms with Gasteiger partial charge in [-0.2, -0.15) is 14.1 Å². The summed E-state index contributed by atoms with van der Waals surface area (Å²) in [5, 5.41) is 7.71. The molecule has 1 aliphatic carbocycles. The van der Waals surface area contributed by atoms with Crippen molar-refractivity contribution in [1.82, 2.24) is 0 Å². The average Bonchev–Trinajstić information content (AvgIpc) is 2.97. The molecular formula is C16H28N2Zr. The van der Waals surface area contributed by atoms with Gasteiger partial charge in [0, 0.05) is 0 Å². The summed E-state index contributed by atoms with van der Waals surface area (Å²) in [6.45, 7) is 8.92. The van der Waals surface area contributed by atoms with Crippen LogP contribution in [0.5, 0.6) is 0 Å². The summed E-state index contributed by atoms with van der Waals surface area (Å²) in [6, 6.07) is 0. The molecule has 0 aromatic carbocycles. The zero-order valence-electron chi connectivity index (χ0n) is 12.7. The van der Waals surface area contributed by atoms with Crippen LogP contribution in [-0.2, 0) is 23.2 Å². The monoisotopic (exact) mass is 338 g/mol. The number of rotatable bonds is 7. The summed E-state index contributed by atoms with van der Waals surface area (Å²) >= 11 is -0.0408. The third kappa shape index (κ3) is 20.3. The van der Waals surface area contributed by atoms with Gasteiger partial charge in [0.05, 0.1) is 0 Å². The van der Waals surface area contributed by atoms with Gasteiger partial charge in [0.15, 0.2) is 0 Å². The minimum absolute atomic E-state index is 0.0408. The molecule has 0 spiro atoms. The Morgan fingerprint density at radius 1 is 1.16 bits per heavy atom. The van der Waals surface area contributed by atoms with E-state index in [1.54, 1.807) is 3.28 Å². The van der Waals surface area contributed by atoms with Gasteiger partial charge in [0.2, 0.25) is 0 Å². The number of hydrogen-bond acceptors (Lipinski definition) is 0. The molecule has 2 nitrogen and oxygen atoms in total. The molecule has 19 heavy (non-hydrogen) atoms. The number of allylic oxidation sites excluding steroid dienone is 4. The van der Waals surface area contributed by atoms with Crippen molar-refractivity contribution < 1.29 is 23.2 Å². The molecule has 106 valence electrons. The van der Waals surface area contributed by atoms with E-state index in [1.165, 1.54) is 6.42 Å². The van der Waals surface area contributed by atoms with Crippen molar-refractivity contribution >= 4 is 0 Å². The first-order valence-corrected chi connectivity index (χ1v) is 10.3. The van der Waals surface area contributed by atoms with Crippen molar-refractivity contribution in [2.75, 3.05) is 27.2 Å². The Morgan fingerprint density at radius 3 is 1.84 bits per heavy atom. The van der Waals surface area contributed by atoms with Gasteiger partial charge in [-0.1, -0.05) is 25.0 Å². The molecule has 0 aromatic heterocycles. The van der Waals surface area contributed by atoms with Crippen LogP contribution in [0.1, 0.15) is 19.3 Å². The Labute approximate surface area is 131 Å². The summed E-state index contributed by atoms with van der Waals surface area (Å²) in [5.74, 6) is 0. The van der Waals surface area contributed by atoms with E-state index in [0.717, 1.165) is 25.9 Å². The van der Waals surface area contributed by atoms with E-state index in [2.05, 4.69) is 46.7 Å². The fraction of sp³-hybridized carbons (Fsp3) is 0.500. The van der Waals surface area contributed by atoms with E-state index in [4.69, 9.17) is 0 Å². The SMILES string of the molecule is C=CCC[N-]C.C=CCC[N-]C.[CH3][Zr+2][C]1=CC=CC1. The zero-order chi connectivity index (χ0) is 14.8. The van der Waals surface area contributed by atoms with Gasteiger partial charge in [-0.25, -0.2) is 0 Å². The van der Waals surface area contributed by atoms with Crippen LogP contribution in [0.4, 0.5) is 0 Å². The van der Waals surface area contributed by atoms with Gasteiger partial charge in [0.25, 0.3) is 0 Å². The predicted molar refractivity (Wildman–Crippen MR) is 85.6 cm³/mol. The third-order valence-electron chi connectivity index (χ3n) is 2.21. The van der Waals surface area contributed by atoms with Crippen molar-refractivity contribution in [3.8, 4) is 0 Å². The summed E-state index contributed by atoms with van der Waals surface area (Å²) in [4.78, 5) is 0. The Hall–Kier alpha value is -0.237. The zero-order valence-corrected chi connectivity index (χ0v) is 15.2. The van der Waals surface area contributed by atoms with E-state index >= 15 is 0 Å². The van der Waals surface area contributed by atoms with E-state index in [-0.39, 0.29) is 23.2 Å². The molecule has 0 atom stereocenters. The van der Waals surface area contributed by atoms with Gasteiger partial charge in [-0.3, -0.25) is 0 Å². The molecule has 0 aromatic rings. The number of hydrogen-bond donors (Lipinski definition) is 0. The first kappa shape index (κ1) is 21.1. The van der Waals surface area contributed by atoms with Crippen molar-refractivity contribution in [3.05, 3.63) is 57.5 Å². The quantitative estimate of drug-likeness (QED) is 0.456. The van der Waals surface area contributed by atoms with Crippen LogP contribution in [0.2, 0.25) is 4.63 Å². The summed E-state index contributed by atoms with van der Waals surface area (Å²) < 4.78 is 4.09. The fourth-order valence-corrected chi connectivity index (χ4v) is 2.51. The topological polar surface area (TPSA) is 28.2 Å². The molecule has 0 saturated carbocycles. The summed E-state index contributed by atoms with van der Waals surface area (Å²) in [7, 11) is 3.62. The van der Waals surface area contributed by atoms with Crippen molar-refractivity contribution in [2.24, 2.45) is 0 Å². The Balaban J connectivity index is 0. The van der Waals surface area contributed by atoms with Crippen LogP contribution in [0.25, 0.3) is 10.6 Å². The Morgan fingerprint density at radius 2 is 1.68 bits per heavy atom. The maximum absolute atomic E-state index is 3.85. The van der Waals surface area contributed by atoms with Gasteiger partial charge in [-0.15, -0.1) is 26.2 Å². The molecule has 3 heteroatoms. The Kier molecular flexibility index (Phi) is 22.3. The van der Waals surface area contributed by atoms with Crippen LogP contribution in [0.3, 0.4) is 0 Å². The van der Waals surface area contributed by atoms with E-state index < -0.39 is 0 Å². The Bertz CT molecular complexity index is 245. The van der Waals surface area contributed by atoms with Crippen LogP contribution in [-0.4, -0.2) is 27.2 Å².